The molecule has 0 aromatic carbocycles. The lowest BCUT2D eigenvalue weighted by Gasteiger charge is -2.50. The second kappa shape index (κ2) is 4.75. The lowest BCUT2D eigenvalue weighted by Crippen LogP contribution is -2.65. The molecule has 3 fully saturated rings. The zero-order chi connectivity index (χ0) is 12.8. The van der Waals surface area contributed by atoms with Crippen LogP contribution in [0.5, 0.6) is 0 Å². The fourth-order valence-electron chi connectivity index (χ4n) is 4.40. The summed E-state index contributed by atoms with van der Waals surface area (Å²) >= 11 is 0. The van der Waals surface area contributed by atoms with Crippen LogP contribution >= 0.6 is 0 Å². The lowest BCUT2D eigenvalue weighted by molar-refractivity contribution is 0.00360. The van der Waals surface area contributed by atoms with Crippen molar-refractivity contribution in [1.29, 1.82) is 0 Å². The Balaban J connectivity index is 1.79. The van der Waals surface area contributed by atoms with Gasteiger partial charge in [0.15, 0.2) is 0 Å². The SMILES string of the molecule is CC1CN(C2(CN)CCN3CCCC32)CCN1C. The van der Waals surface area contributed by atoms with Crippen molar-refractivity contribution < 1.29 is 0 Å². The van der Waals surface area contributed by atoms with Gasteiger partial charge in [0.05, 0.1) is 0 Å². The molecule has 3 saturated heterocycles. The van der Waals surface area contributed by atoms with Gasteiger partial charge in [-0.1, -0.05) is 0 Å². The van der Waals surface area contributed by atoms with E-state index in [1.54, 1.807) is 0 Å². The van der Waals surface area contributed by atoms with Crippen LogP contribution in [0.3, 0.4) is 0 Å². The molecule has 3 aliphatic rings. The molecule has 3 aliphatic heterocycles. The Morgan fingerprint density at radius 2 is 2.06 bits per heavy atom. The molecular weight excluding hydrogens is 224 g/mol. The fourth-order valence-corrected chi connectivity index (χ4v) is 4.40. The van der Waals surface area contributed by atoms with Crippen molar-refractivity contribution in [2.45, 2.75) is 43.8 Å². The number of fused-ring (bicyclic) bond motifs is 1. The van der Waals surface area contributed by atoms with Gasteiger partial charge in [0.1, 0.15) is 0 Å². The van der Waals surface area contributed by atoms with Gasteiger partial charge in [0.25, 0.3) is 0 Å². The molecule has 2 N–H and O–H groups in total. The van der Waals surface area contributed by atoms with Crippen LogP contribution in [0.4, 0.5) is 0 Å². The Morgan fingerprint density at radius 1 is 1.22 bits per heavy atom. The first-order valence-corrected chi connectivity index (χ1v) is 7.57. The molecule has 104 valence electrons. The van der Waals surface area contributed by atoms with Gasteiger partial charge >= 0.3 is 0 Å². The van der Waals surface area contributed by atoms with Crippen LogP contribution in [0.25, 0.3) is 0 Å². The van der Waals surface area contributed by atoms with Gasteiger partial charge in [-0.3, -0.25) is 9.80 Å². The molecule has 0 radical (unpaired) electrons. The maximum absolute atomic E-state index is 6.25. The quantitative estimate of drug-likeness (QED) is 0.761. The normalized spacial score (nSPS) is 43.5. The Hall–Kier alpha value is -0.160. The molecule has 3 unspecified atom stereocenters. The third kappa shape index (κ3) is 1.82. The number of nitrogens with two attached hydrogens (primary N) is 1. The van der Waals surface area contributed by atoms with Crippen molar-refractivity contribution >= 4 is 0 Å². The molecule has 3 atom stereocenters. The minimum atomic E-state index is 0.284. The first kappa shape index (κ1) is 12.9. The Bertz CT molecular complexity index is 308. The van der Waals surface area contributed by atoms with Gasteiger partial charge < -0.3 is 10.6 Å². The van der Waals surface area contributed by atoms with Crippen LogP contribution in [-0.2, 0) is 0 Å². The lowest BCUT2D eigenvalue weighted by atomic mass is 9.85. The summed E-state index contributed by atoms with van der Waals surface area (Å²) in [5, 5.41) is 0. The fraction of sp³-hybridized carbons (Fsp3) is 1.00. The molecule has 3 rings (SSSR count). The van der Waals surface area contributed by atoms with E-state index in [4.69, 9.17) is 5.73 Å². The molecule has 0 bridgehead atoms. The number of rotatable bonds is 2. The Morgan fingerprint density at radius 3 is 2.78 bits per heavy atom. The predicted octanol–water partition coefficient (Wildman–Crippen LogP) is 0.188. The van der Waals surface area contributed by atoms with Crippen molar-refractivity contribution in [2.24, 2.45) is 5.73 Å². The molecule has 0 aliphatic carbocycles. The molecule has 4 heteroatoms. The van der Waals surface area contributed by atoms with Gasteiger partial charge in [0, 0.05) is 50.3 Å². The highest BCUT2D eigenvalue weighted by molar-refractivity contribution is 5.10. The Kier molecular flexibility index (Phi) is 3.39. The summed E-state index contributed by atoms with van der Waals surface area (Å²) in [5.41, 5.74) is 6.54. The first-order valence-electron chi connectivity index (χ1n) is 7.57. The van der Waals surface area contributed by atoms with E-state index in [1.807, 2.05) is 0 Å². The van der Waals surface area contributed by atoms with E-state index in [0.717, 1.165) is 12.6 Å². The molecule has 18 heavy (non-hydrogen) atoms. The highest BCUT2D eigenvalue weighted by Gasteiger charge is 2.52. The third-order valence-corrected chi connectivity index (χ3v) is 5.76. The number of likely N-dealkylation sites (N-methyl/N-ethyl adjacent to an activating group) is 1. The maximum Gasteiger partial charge on any atom is 0.0499 e. The maximum atomic E-state index is 6.25. The first-order chi connectivity index (χ1) is 8.67. The van der Waals surface area contributed by atoms with Crippen LogP contribution < -0.4 is 5.73 Å². The second-order valence-corrected chi connectivity index (χ2v) is 6.53. The summed E-state index contributed by atoms with van der Waals surface area (Å²) in [6.45, 7) is 9.33. The third-order valence-electron chi connectivity index (χ3n) is 5.76. The zero-order valence-electron chi connectivity index (χ0n) is 11.9. The largest absolute Gasteiger partial charge is 0.329 e. The summed E-state index contributed by atoms with van der Waals surface area (Å²) in [6.07, 6.45) is 4.01. The molecule has 0 saturated carbocycles. The van der Waals surface area contributed by atoms with Gasteiger partial charge in [-0.25, -0.2) is 0 Å². The number of piperazine rings is 1. The van der Waals surface area contributed by atoms with Gasteiger partial charge in [0.2, 0.25) is 0 Å². The van der Waals surface area contributed by atoms with Crippen LogP contribution in [-0.4, -0.2) is 78.6 Å². The van der Waals surface area contributed by atoms with Crippen molar-refractivity contribution in [3.8, 4) is 0 Å². The molecule has 0 aromatic heterocycles. The van der Waals surface area contributed by atoms with Gasteiger partial charge in [-0.2, -0.15) is 0 Å². The van der Waals surface area contributed by atoms with E-state index < -0.39 is 0 Å². The average molecular weight is 252 g/mol. The molecule has 4 nitrogen and oxygen atoms in total. The van der Waals surface area contributed by atoms with Crippen LogP contribution in [0.1, 0.15) is 26.2 Å². The monoisotopic (exact) mass is 252 g/mol. The van der Waals surface area contributed by atoms with Crippen LogP contribution in [0.2, 0.25) is 0 Å². The van der Waals surface area contributed by atoms with Crippen molar-refractivity contribution in [2.75, 3.05) is 46.3 Å². The molecule has 0 spiro atoms. The van der Waals surface area contributed by atoms with Crippen molar-refractivity contribution in [3.05, 3.63) is 0 Å². The summed E-state index contributed by atoms with van der Waals surface area (Å²) in [5.74, 6) is 0. The second-order valence-electron chi connectivity index (χ2n) is 6.53. The molecular formula is C14H28N4. The highest BCUT2D eigenvalue weighted by atomic mass is 15.4. The topological polar surface area (TPSA) is 35.7 Å². The summed E-state index contributed by atoms with van der Waals surface area (Å²) in [6, 6.07) is 1.40. The standard InChI is InChI=1S/C14H28N4/c1-12-10-18(9-8-16(12)2)14(11-15)5-7-17-6-3-4-13(14)17/h12-13H,3-11,15H2,1-2H3. The van der Waals surface area contributed by atoms with Gasteiger partial charge in [-0.05, 0) is 39.8 Å². The van der Waals surface area contributed by atoms with Crippen molar-refractivity contribution in [1.82, 2.24) is 14.7 Å². The van der Waals surface area contributed by atoms with E-state index >= 15 is 0 Å². The van der Waals surface area contributed by atoms with E-state index in [1.165, 1.54) is 52.0 Å². The van der Waals surface area contributed by atoms with E-state index in [2.05, 4.69) is 28.7 Å². The predicted molar refractivity (Wildman–Crippen MR) is 74.7 cm³/mol. The smallest absolute Gasteiger partial charge is 0.0499 e. The molecule has 0 amide bonds. The van der Waals surface area contributed by atoms with E-state index in [9.17, 15) is 0 Å². The summed E-state index contributed by atoms with van der Waals surface area (Å²) < 4.78 is 0. The number of hydrogen-bond acceptors (Lipinski definition) is 4. The van der Waals surface area contributed by atoms with Crippen molar-refractivity contribution in [3.63, 3.8) is 0 Å². The molecule has 0 aromatic rings. The van der Waals surface area contributed by atoms with Crippen LogP contribution in [0.15, 0.2) is 0 Å². The average Bonchev–Trinajstić information content (AvgIpc) is 2.94. The summed E-state index contributed by atoms with van der Waals surface area (Å²) in [4.78, 5) is 7.89. The highest BCUT2D eigenvalue weighted by Crippen LogP contribution is 2.40. The molecule has 3 heterocycles. The number of nitrogens with zero attached hydrogens (tertiary/aromatic N) is 3. The minimum Gasteiger partial charge on any atom is -0.329 e. The van der Waals surface area contributed by atoms with Crippen LogP contribution in [0, 0.1) is 0 Å². The minimum absolute atomic E-state index is 0.284. The zero-order valence-corrected chi connectivity index (χ0v) is 11.9. The van der Waals surface area contributed by atoms with E-state index in [0.29, 0.717) is 6.04 Å². The summed E-state index contributed by atoms with van der Waals surface area (Å²) in [7, 11) is 2.24. The Labute approximate surface area is 111 Å². The van der Waals surface area contributed by atoms with Gasteiger partial charge in [-0.15, -0.1) is 0 Å². The van der Waals surface area contributed by atoms with E-state index in [-0.39, 0.29) is 5.54 Å². The number of hydrogen-bond donors (Lipinski definition) is 1.